The highest BCUT2D eigenvalue weighted by atomic mass is 32.1. The Morgan fingerprint density at radius 1 is 1.03 bits per heavy atom. The zero-order valence-electron chi connectivity index (χ0n) is 19.3. The first-order chi connectivity index (χ1) is 16.5. The minimum absolute atomic E-state index is 0.0614. The highest BCUT2D eigenvalue weighted by Crippen LogP contribution is 2.42. The molecule has 1 aliphatic rings. The summed E-state index contributed by atoms with van der Waals surface area (Å²) in [5, 5.41) is 10.2. The van der Waals surface area contributed by atoms with Crippen LogP contribution < -0.4 is 15.1 Å². The minimum Gasteiger partial charge on any atom is -0.494 e. The molecule has 8 heteroatoms. The lowest BCUT2D eigenvalue weighted by atomic mass is 9.98. The van der Waals surface area contributed by atoms with Crippen LogP contribution in [0, 0.1) is 0 Å². The van der Waals surface area contributed by atoms with Crippen LogP contribution in [-0.4, -0.2) is 22.7 Å². The van der Waals surface area contributed by atoms with Crippen molar-refractivity contribution in [2.45, 2.75) is 46.1 Å². The topological polar surface area (TPSA) is 85.5 Å². The molecule has 3 heterocycles. The van der Waals surface area contributed by atoms with Crippen molar-refractivity contribution in [1.82, 2.24) is 10.2 Å². The van der Waals surface area contributed by atoms with E-state index in [4.69, 9.17) is 9.15 Å². The average Bonchev–Trinajstić information content (AvgIpc) is 3.45. The lowest BCUT2D eigenvalue weighted by Crippen LogP contribution is -2.29. The molecule has 0 radical (unpaired) electrons. The van der Waals surface area contributed by atoms with Crippen LogP contribution in [0.3, 0.4) is 0 Å². The van der Waals surface area contributed by atoms with Crippen LogP contribution in [0.4, 0.5) is 5.13 Å². The number of amides is 1. The molecule has 2 aromatic carbocycles. The van der Waals surface area contributed by atoms with Gasteiger partial charge in [-0.15, -0.1) is 10.2 Å². The molecule has 1 aliphatic heterocycles. The quantitative estimate of drug-likeness (QED) is 0.360. The van der Waals surface area contributed by atoms with Gasteiger partial charge in [-0.2, -0.15) is 0 Å². The van der Waals surface area contributed by atoms with E-state index in [0.717, 1.165) is 34.7 Å². The lowest BCUT2D eigenvalue weighted by molar-refractivity contribution is 0.0970. The number of anilines is 1. The molecule has 1 unspecified atom stereocenters. The van der Waals surface area contributed by atoms with E-state index in [-0.39, 0.29) is 17.1 Å². The van der Waals surface area contributed by atoms with Gasteiger partial charge in [0, 0.05) is 0 Å². The summed E-state index contributed by atoms with van der Waals surface area (Å²) in [7, 11) is 0. The van der Waals surface area contributed by atoms with E-state index in [9.17, 15) is 9.59 Å². The molecule has 0 saturated carbocycles. The van der Waals surface area contributed by atoms with Gasteiger partial charge in [0.05, 0.1) is 23.6 Å². The second kappa shape index (κ2) is 9.02. The van der Waals surface area contributed by atoms with E-state index in [2.05, 4.69) is 10.2 Å². The maximum atomic E-state index is 13.8. The number of fused-ring (bicyclic) bond motifs is 2. The molecule has 4 aromatic rings. The maximum Gasteiger partial charge on any atom is 0.297 e. The van der Waals surface area contributed by atoms with Crippen molar-refractivity contribution in [3.05, 3.63) is 80.1 Å². The Balaban J connectivity index is 1.70. The highest BCUT2D eigenvalue weighted by Gasteiger charge is 2.45. The first kappa shape index (κ1) is 22.3. The van der Waals surface area contributed by atoms with Gasteiger partial charge < -0.3 is 9.15 Å². The number of carbonyl (C=O) groups is 1. The SMILES string of the molecule is CCCOc1ccc(C2c3c(oc4ccc(CC)cc4c3=O)C(=O)N2c2nnc(CC)s2)cc1. The normalized spacial score (nSPS) is 15.2. The molecule has 0 spiro atoms. The fraction of sp³-hybridized carbons (Fsp3) is 0.308. The fourth-order valence-electron chi connectivity index (χ4n) is 4.20. The highest BCUT2D eigenvalue weighted by molar-refractivity contribution is 7.15. The van der Waals surface area contributed by atoms with E-state index in [0.29, 0.717) is 34.7 Å². The molecule has 174 valence electrons. The Labute approximate surface area is 201 Å². The summed E-state index contributed by atoms with van der Waals surface area (Å²) < 4.78 is 11.8. The molecule has 0 saturated heterocycles. The Kier molecular flexibility index (Phi) is 5.91. The third-order valence-corrected chi connectivity index (χ3v) is 7.04. The number of benzene rings is 2. The van der Waals surface area contributed by atoms with Gasteiger partial charge in [0.2, 0.25) is 10.9 Å². The van der Waals surface area contributed by atoms with E-state index < -0.39 is 6.04 Å². The predicted octanol–water partition coefficient (Wildman–Crippen LogP) is 5.31. The molecule has 1 amide bonds. The van der Waals surface area contributed by atoms with E-state index in [1.54, 1.807) is 6.07 Å². The average molecular weight is 476 g/mol. The van der Waals surface area contributed by atoms with Gasteiger partial charge in [0.1, 0.15) is 16.3 Å². The van der Waals surface area contributed by atoms with Crippen molar-refractivity contribution in [1.29, 1.82) is 0 Å². The van der Waals surface area contributed by atoms with Crippen molar-refractivity contribution < 1.29 is 13.9 Å². The Bertz CT molecular complexity index is 1420. The van der Waals surface area contributed by atoms with Crippen LogP contribution in [-0.2, 0) is 12.8 Å². The van der Waals surface area contributed by atoms with Gasteiger partial charge >= 0.3 is 0 Å². The number of ether oxygens (including phenoxy) is 1. The molecule has 5 rings (SSSR count). The van der Waals surface area contributed by atoms with Gasteiger partial charge in [-0.1, -0.05) is 50.3 Å². The summed E-state index contributed by atoms with van der Waals surface area (Å²) in [6.45, 7) is 6.69. The molecule has 0 N–H and O–H groups in total. The number of nitrogens with zero attached hydrogens (tertiary/aromatic N) is 3. The first-order valence-electron chi connectivity index (χ1n) is 11.5. The van der Waals surface area contributed by atoms with Crippen LogP contribution in [0.2, 0.25) is 0 Å². The van der Waals surface area contributed by atoms with Crippen LogP contribution in [0.15, 0.2) is 51.7 Å². The number of hydrogen-bond donors (Lipinski definition) is 0. The third-order valence-electron chi connectivity index (χ3n) is 5.98. The Morgan fingerprint density at radius 2 is 1.82 bits per heavy atom. The molecule has 34 heavy (non-hydrogen) atoms. The summed E-state index contributed by atoms with van der Waals surface area (Å²) in [6.07, 6.45) is 2.41. The molecule has 2 aromatic heterocycles. The second-order valence-corrected chi connectivity index (χ2v) is 9.23. The zero-order valence-corrected chi connectivity index (χ0v) is 20.1. The van der Waals surface area contributed by atoms with Crippen molar-refractivity contribution in [2.24, 2.45) is 0 Å². The van der Waals surface area contributed by atoms with E-state index in [1.807, 2.05) is 57.2 Å². The third kappa shape index (κ3) is 3.68. The van der Waals surface area contributed by atoms with Gasteiger partial charge in [-0.3, -0.25) is 14.5 Å². The van der Waals surface area contributed by atoms with Crippen molar-refractivity contribution >= 4 is 33.3 Å². The molecule has 0 bridgehead atoms. The summed E-state index contributed by atoms with van der Waals surface area (Å²) in [4.78, 5) is 28.9. The maximum absolute atomic E-state index is 13.8. The number of hydrogen-bond acceptors (Lipinski definition) is 7. The number of rotatable bonds is 7. The van der Waals surface area contributed by atoms with Crippen LogP contribution in [0.5, 0.6) is 5.75 Å². The van der Waals surface area contributed by atoms with Crippen molar-refractivity contribution in [3.8, 4) is 5.75 Å². The predicted molar refractivity (Wildman–Crippen MR) is 132 cm³/mol. The molecule has 1 atom stereocenters. The lowest BCUT2D eigenvalue weighted by Gasteiger charge is -2.22. The van der Waals surface area contributed by atoms with E-state index in [1.165, 1.54) is 16.2 Å². The second-order valence-electron chi connectivity index (χ2n) is 8.19. The Morgan fingerprint density at radius 3 is 2.50 bits per heavy atom. The molecular formula is C26H25N3O4S. The monoisotopic (exact) mass is 475 g/mol. The summed E-state index contributed by atoms with van der Waals surface area (Å²) in [6, 6.07) is 12.4. The smallest absolute Gasteiger partial charge is 0.297 e. The van der Waals surface area contributed by atoms with E-state index >= 15 is 0 Å². The molecule has 0 fully saturated rings. The van der Waals surface area contributed by atoms with Gasteiger partial charge in [-0.25, -0.2) is 0 Å². The number of carbonyl (C=O) groups excluding carboxylic acids is 1. The van der Waals surface area contributed by atoms with Crippen LogP contribution >= 0.6 is 11.3 Å². The minimum atomic E-state index is -0.661. The van der Waals surface area contributed by atoms with Crippen molar-refractivity contribution in [3.63, 3.8) is 0 Å². The van der Waals surface area contributed by atoms with Gasteiger partial charge in [0.15, 0.2) is 5.43 Å². The largest absolute Gasteiger partial charge is 0.494 e. The molecule has 7 nitrogen and oxygen atoms in total. The van der Waals surface area contributed by atoms with Crippen molar-refractivity contribution in [2.75, 3.05) is 11.5 Å². The van der Waals surface area contributed by atoms with Crippen LogP contribution in [0.25, 0.3) is 11.0 Å². The number of aryl methyl sites for hydroxylation is 2. The molecular weight excluding hydrogens is 450 g/mol. The van der Waals surface area contributed by atoms with Crippen LogP contribution in [0.1, 0.15) is 65.5 Å². The first-order valence-corrected chi connectivity index (χ1v) is 12.4. The summed E-state index contributed by atoms with van der Waals surface area (Å²) >= 11 is 1.35. The number of aromatic nitrogens is 2. The molecule has 0 aliphatic carbocycles. The summed E-state index contributed by atoms with van der Waals surface area (Å²) in [5.41, 5.74) is 2.36. The summed E-state index contributed by atoms with van der Waals surface area (Å²) in [5.74, 6) is 0.416. The Hall–Kier alpha value is -3.52. The standard InChI is InChI=1S/C26H25N3O4S/c1-4-13-32-17-10-8-16(9-11-17)22-21-23(30)18-14-15(5-2)7-12-19(18)33-24(21)25(31)29(22)26-28-27-20(6-3)34-26/h7-12,14,22H,4-6,13H2,1-3H3. The van der Waals surface area contributed by atoms with Gasteiger partial charge in [0.25, 0.3) is 5.91 Å². The van der Waals surface area contributed by atoms with Gasteiger partial charge in [-0.05, 0) is 54.7 Å². The fourth-order valence-corrected chi connectivity index (χ4v) is 5.01. The zero-order chi connectivity index (χ0) is 23.8.